The van der Waals surface area contributed by atoms with Gasteiger partial charge in [0.1, 0.15) is 0 Å². The van der Waals surface area contributed by atoms with E-state index in [0.717, 1.165) is 6.42 Å². The molecular formula is C12H19N. The van der Waals surface area contributed by atoms with Gasteiger partial charge in [-0.3, -0.25) is 0 Å². The lowest BCUT2D eigenvalue weighted by Gasteiger charge is -2.14. The fourth-order valence-electron chi connectivity index (χ4n) is 1.47. The van der Waals surface area contributed by atoms with Crippen LogP contribution in [0.15, 0.2) is 18.2 Å². The fraction of sp³-hybridized carbons (Fsp3) is 0.500. The maximum atomic E-state index is 3.45. The SMILES string of the molecule is CCc1cc(C)ccc1NC(C)C. The van der Waals surface area contributed by atoms with Crippen molar-refractivity contribution in [3.8, 4) is 0 Å². The second-order valence-corrected chi connectivity index (χ2v) is 3.81. The van der Waals surface area contributed by atoms with Crippen molar-refractivity contribution >= 4 is 5.69 Å². The summed E-state index contributed by atoms with van der Waals surface area (Å²) in [5.74, 6) is 0. The van der Waals surface area contributed by atoms with Crippen LogP contribution >= 0.6 is 0 Å². The van der Waals surface area contributed by atoms with Gasteiger partial charge in [0.2, 0.25) is 0 Å². The average Bonchev–Trinajstić information content (AvgIpc) is 2.07. The van der Waals surface area contributed by atoms with Crippen LogP contribution in [0.1, 0.15) is 31.9 Å². The number of rotatable bonds is 3. The molecule has 0 saturated carbocycles. The smallest absolute Gasteiger partial charge is 0.0374 e. The molecule has 13 heavy (non-hydrogen) atoms. The Hall–Kier alpha value is -0.980. The minimum atomic E-state index is 0.507. The zero-order chi connectivity index (χ0) is 9.84. The van der Waals surface area contributed by atoms with E-state index in [0.29, 0.717) is 6.04 Å². The van der Waals surface area contributed by atoms with Gasteiger partial charge in [-0.05, 0) is 38.8 Å². The van der Waals surface area contributed by atoms with E-state index in [4.69, 9.17) is 0 Å². The summed E-state index contributed by atoms with van der Waals surface area (Å²) >= 11 is 0. The third-order valence-electron chi connectivity index (χ3n) is 2.09. The second-order valence-electron chi connectivity index (χ2n) is 3.81. The predicted molar refractivity (Wildman–Crippen MR) is 59.3 cm³/mol. The van der Waals surface area contributed by atoms with E-state index in [9.17, 15) is 0 Å². The van der Waals surface area contributed by atoms with Gasteiger partial charge in [0.25, 0.3) is 0 Å². The van der Waals surface area contributed by atoms with Gasteiger partial charge in [-0.1, -0.05) is 24.6 Å². The number of hydrogen-bond acceptors (Lipinski definition) is 1. The van der Waals surface area contributed by atoms with E-state index in [2.05, 4.69) is 51.2 Å². The highest BCUT2D eigenvalue weighted by Crippen LogP contribution is 2.18. The number of anilines is 1. The molecule has 0 bridgehead atoms. The Bertz CT molecular complexity index is 276. The Morgan fingerprint density at radius 3 is 2.54 bits per heavy atom. The fourth-order valence-corrected chi connectivity index (χ4v) is 1.47. The van der Waals surface area contributed by atoms with Crippen LogP contribution in [0.4, 0.5) is 5.69 Å². The maximum absolute atomic E-state index is 3.45. The lowest BCUT2D eigenvalue weighted by molar-refractivity contribution is 0.893. The number of hydrogen-bond donors (Lipinski definition) is 1. The van der Waals surface area contributed by atoms with Crippen LogP contribution < -0.4 is 5.32 Å². The first kappa shape index (κ1) is 10.1. The van der Waals surface area contributed by atoms with Crippen molar-refractivity contribution in [3.63, 3.8) is 0 Å². The van der Waals surface area contributed by atoms with Crippen LogP contribution in [-0.4, -0.2) is 6.04 Å². The van der Waals surface area contributed by atoms with Gasteiger partial charge in [-0.15, -0.1) is 0 Å². The number of aryl methyl sites for hydroxylation is 2. The standard InChI is InChI=1S/C12H19N/c1-5-11-8-10(4)6-7-12(11)13-9(2)3/h6-9,13H,5H2,1-4H3. The molecule has 0 amide bonds. The third-order valence-corrected chi connectivity index (χ3v) is 2.09. The highest BCUT2D eigenvalue weighted by Gasteiger charge is 2.01. The van der Waals surface area contributed by atoms with Crippen molar-refractivity contribution in [2.45, 2.75) is 40.2 Å². The van der Waals surface area contributed by atoms with E-state index >= 15 is 0 Å². The van der Waals surface area contributed by atoms with Gasteiger partial charge in [-0.2, -0.15) is 0 Å². The van der Waals surface area contributed by atoms with Crippen LogP contribution in [0.25, 0.3) is 0 Å². The Kier molecular flexibility index (Phi) is 3.35. The van der Waals surface area contributed by atoms with Crippen LogP contribution in [0, 0.1) is 6.92 Å². The maximum Gasteiger partial charge on any atom is 0.0374 e. The summed E-state index contributed by atoms with van der Waals surface area (Å²) in [6, 6.07) is 7.09. The van der Waals surface area contributed by atoms with Gasteiger partial charge in [0.15, 0.2) is 0 Å². The van der Waals surface area contributed by atoms with Crippen LogP contribution in [0.3, 0.4) is 0 Å². The molecule has 1 aromatic carbocycles. The molecule has 0 aliphatic heterocycles. The minimum Gasteiger partial charge on any atom is -0.383 e. The van der Waals surface area contributed by atoms with E-state index in [-0.39, 0.29) is 0 Å². The quantitative estimate of drug-likeness (QED) is 0.746. The molecule has 1 rings (SSSR count). The normalized spacial score (nSPS) is 10.5. The van der Waals surface area contributed by atoms with Gasteiger partial charge < -0.3 is 5.32 Å². The Labute approximate surface area is 81.2 Å². The summed E-state index contributed by atoms with van der Waals surface area (Å²) in [7, 11) is 0. The molecular weight excluding hydrogens is 158 g/mol. The van der Waals surface area contributed by atoms with Crippen molar-refractivity contribution in [3.05, 3.63) is 29.3 Å². The first-order valence-corrected chi connectivity index (χ1v) is 4.99. The topological polar surface area (TPSA) is 12.0 Å². The molecule has 0 heterocycles. The molecule has 0 unspecified atom stereocenters. The van der Waals surface area contributed by atoms with E-state index < -0.39 is 0 Å². The summed E-state index contributed by atoms with van der Waals surface area (Å²) in [5.41, 5.74) is 4.03. The van der Waals surface area contributed by atoms with Crippen molar-refractivity contribution in [2.24, 2.45) is 0 Å². The minimum absolute atomic E-state index is 0.507. The van der Waals surface area contributed by atoms with Gasteiger partial charge in [0, 0.05) is 11.7 Å². The van der Waals surface area contributed by atoms with Gasteiger partial charge >= 0.3 is 0 Å². The number of nitrogens with one attached hydrogen (secondary N) is 1. The highest BCUT2D eigenvalue weighted by molar-refractivity contribution is 5.53. The Morgan fingerprint density at radius 2 is 2.00 bits per heavy atom. The molecule has 0 aromatic heterocycles. The van der Waals surface area contributed by atoms with E-state index in [1.165, 1.54) is 16.8 Å². The number of benzene rings is 1. The average molecular weight is 177 g/mol. The van der Waals surface area contributed by atoms with Crippen LogP contribution in [0.5, 0.6) is 0 Å². The lowest BCUT2D eigenvalue weighted by atomic mass is 10.1. The first-order chi connectivity index (χ1) is 6.13. The van der Waals surface area contributed by atoms with Crippen LogP contribution in [0.2, 0.25) is 0 Å². The van der Waals surface area contributed by atoms with Gasteiger partial charge in [-0.25, -0.2) is 0 Å². The summed E-state index contributed by atoms with van der Waals surface area (Å²) in [5, 5.41) is 3.45. The molecule has 0 atom stereocenters. The van der Waals surface area contributed by atoms with Crippen molar-refractivity contribution in [2.75, 3.05) is 5.32 Å². The predicted octanol–water partition coefficient (Wildman–Crippen LogP) is 3.38. The molecule has 1 heteroatoms. The monoisotopic (exact) mass is 177 g/mol. The Morgan fingerprint density at radius 1 is 1.31 bits per heavy atom. The van der Waals surface area contributed by atoms with Crippen LogP contribution in [-0.2, 0) is 6.42 Å². The second kappa shape index (κ2) is 4.31. The van der Waals surface area contributed by atoms with Gasteiger partial charge in [0.05, 0.1) is 0 Å². The zero-order valence-electron chi connectivity index (χ0n) is 9.02. The summed E-state index contributed by atoms with van der Waals surface area (Å²) in [4.78, 5) is 0. The lowest BCUT2D eigenvalue weighted by Crippen LogP contribution is -2.11. The Balaban J connectivity index is 2.92. The molecule has 0 aliphatic carbocycles. The molecule has 0 radical (unpaired) electrons. The highest BCUT2D eigenvalue weighted by atomic mass is 14.9. The van der Waals surface area contributed by atoms with E-state index in [1.54, 1.807) is 0 Å². The molecule has 1 N–H and O–H groups in total. The van der Waals surface area contributed by atoms with Crippen molar-refractivity contribution < 1.29 is 0 Å². The molecule has 0 aliphatic rings. The van der Waals surface area contributed by atoms with Crippen molar-refractivity contribution in [1.29, 1.82) is 0 Å². The summed E-state index contributed by atoms with van der Waals surface area (Å²) in [6.45, 7) is 8.66. The summed E-state index contributed by atoms with van der Waals surface area (Å²) in [6.07, 6.45) is 1.09. The molecule has 0 fully saturated rings. The van der Waals surface area contributed by atoms with E-state index in [1.807, 2.05) is 0 Å². The third kappa shape index (κ3) is 2.76. The zero-order valence-corrected chi connectivity index (χ0v) is 9.02. The molecule has 1 aromatic rings. The first-order valence-electron chi connectivity index (χ1n) is 4.99. The largest absolute Gasteiger partial charge is 0.383 e. The summed E-state index contributed by atoms with van der Waals surface area (Å²) < 4.78 is 0. The molecule has 72 valence electrons. The van der Waals surface area contributed by atoms with Crippen molar-refractivity contribution in [1.82, 2.24) is 0 Å². The molecule has 1 nitrogen and oxygen atoms in total. The molecule has 0 saturated heterocycles. The molecule has 0 spiro atoms.